The van der Waals surface area contributed by atoms with Gasteiger partial charge in [-0.1, -0.05) is 0 Å². The van der Waals surface area contributed by atoms with Gasteiger partial charge in [-0.3, -0.25) is 9.88 Å². The van der Waals surface area contributed by atoms with Gasteiger partial charge in [-0.25, -0.2) is 0 Å². The van der Waals surface area contributed by atoms with E-state index in [4.69, 9.17) is 9.47 Å². The number of pyridine rings is 1. The van der Waals surface area contributed by atoms with Gasteiger partial charge < -0.3 is 9.47 Å². The van der Waals surface area contributed by atoms with E-state index in [2.05, 4.69) is 28.9 Å². The fourth-order valence-electron chi connectivity index (χ4n) is 4.52. The van der Waals surface area contributed by atoms with Crippen molar-refractivity contribution in [1.29, 1.82) is 0 Å². The first-order valence-corrected chi connectivity index (χ1v) is 10.9. The second-order valence-electron chi connectivity index (χ2n) is 7.88. The quantitative estimate of drug-likeness (QED) is 0.660. The summed E-state index contributed by atoms with van der Waals surface area (Å²) >= 11 is 1.92. The van der Waals surface area contributed by atoms with Crippen molar-refractivity contribution in [2.24, 2.45) is 5.92 Å². The number of rotatable bonds is 7. The summed E-state index contributed by atoms with van der Waals surface area (Å²) in [5.41, 5.74) is 1.29. The molecule has 0 aromatic carbocycles. The molecule has 0 radical (unpaired) electrons. The number of hydrogen-bond donors (Lipinski definition) is 0. The van der Waals surface area contributed by atoms with Crippen molar-refractivity contribution >= 4 is 11.3 Å². The zero-order valence-electron chi connectivity index (χ0n) is 16.2. The largest absolute Gasteiger partial charge is 0.377 e. The summed E-state index contributed by atoms with van der Waals surface area (Å²) in [6.45, 7) is 7.98. The van der Waals surface area contributed by atoms with Crippen molar-refractivity contribution in [3.05, 3.63) is 52.0 Å². The lowest BCUT2D eigenvalue weighted by Crippen LogP contribution is -2.47. The highest BCUT2D eigenvalue weighted by molar-refractivity contribution is 7.11. The van der Waals surface area contributed by atoms with E-state index >= 15 is 0 Å². The van der Waals surface area contributed by atoms with Crippen LogP contribution < -0.4 is 0 Å². The molecule has 0 amide bonds. The topological polar surface area (TPSA) is 34.6 Å². The fraction of sp³-hybridized carbons (Fsp3) is 0.591. The van der Waals surface area contributed by atoms with Gasteiger partial charge in [0.05, 0.1) is 12.2 Å². The van der Waals surface area contributed by atoms with Crippen LogP contribution in [0.15, 0.2) is 36.7 Å². The molecule has 4 rings (SSSR count). The number of aromatic nitrogens is 1. The van der Waals surface area contributed by atoms with Crippen molar-refractivity contribution in [1.82, 2.24) is 9.88 Å². The molecule has 146 valence electrons. The smallest absolute Gasteiger partial charge is 0.0736 e. The van der Waals surface area contributed by atoms with Crippen molar-refractivity contribution in [2.75, 3.05) is 26.3 Å². The zero-order valence-corrected chi connectivity index (χ0v) is 17.0. The summed E-state index contributed by atoms with van der Waals surface area (Å²) in [4.78, 5) is 9.53. The van der Waals surface area contributed by atoms with Crippen LogP contribution in [0.3, 0.4) is 0 Å². The molecule has 0 aliphatic carbocycles. The van der Waals surface area contributed by atoms with E-state index in [1.54, 1.807) is 0 Å². The molecule has 2 saturated heterocycles. The SMILES string of the molecule is Cc1ccc(CN2CCC3(CC2)OCCC3CCOCc2ccncc2)s1. The molecule has 1 spiro atoms. The first-order chi connectivity index (χ1) is 13.2. The van der Waals surface area contributed by atoms with Crippen LogP contribution in [-0.2, 0) is 22.6 Å². The van der Waals surface area contributed by atoms with Crippen molar-refractivity contribution < 1.29 is 9.47 Å². The lowest BCUT2D eigenvalue weighted by Gasteiger charge is -2.42. The summed E-state index contributed by atoms with van der Waals surface area (Å²) in [7, 11) is 0. The Morgan fingerprint density at radius 2 is 2.04 bits per heavy atom. The van der Waals surface area contributed by atoms with Gasteiger partial charge in [-0.15, -0.1) is 11.3 Å². The van der Waals surface area contributed by atoms with Gasteiger partial charge in [-0.05, 0) is 68.4 Å². The Morgan fingerprint density at radius 3 is 2.78 bits per heavy atom. The Kier molecular flexibility index (Phi) is 6.23. The standard InChI is InChI=1S/C22H30N2O2S/c1-18-2-3-21(27-18)16-24-12-8-22(9-13-24)20(7-15-26-22)6-14-25-17-19-4-10-23-11-5-19/h2-5,10-11,20H,6-9,12-17H2,1H3. The van der Waals surface area contributed by atoms with E-state index in [9.17, 15) is 0 Å². The Bertz CT molecular complexity index is 710. The molecular formula is C22H30N2O2S. The van der Waals surface area contributed by atoms with E-state index in [0.717, 1.165) is 52.1 Å². The third kappa shape index (κ3) is 4.77. The van der Waals surface area contributed by atoms with E-state index < -0.39 is 0 Å². The van der Waals surface area contributed by atoms with Crippen molar-refractivity contribution in [3.8, 4) is 0 Å². The van der Waals surface area contributed by atoms with Gasteiger partial charge in [0, 0.05) is 55.0 Å². The molecule has 1 unspecified atom stereocenters. The molecule has 4 heterocycles. The molecule has 2 aromatic rings. The summed E-state index contributed by atoms with van der Waals surface area (Å²) in [5, 5.41) is 0. The van der Waals surface area contributed by atoms with Gasteiger partial charge in [-0.2, -0.15) is 0 Å². The highest BCUT2D eigenvalue weighted by atomic mass is 32.1. The zero-order chi connectivity index (χ0) is 18.5. The van der Waals surface area contributed by atoms with E-state index in [1.165, 1.54) is 21.7 Å². The summed E-state index contributed by atoms with van der Waals surface area (Å²) in [6.07, 6.45) is 8.25. The van der Waals surface area contributed by atoms with E-state index in [0.29, 0.717) is 12.5 Å². The Hall–Kier alpha value is -1.27. The van der Waals surface area contributed by atoms with Crippen molar-refractivity contribution in [2.45, 2.75) is 51.4 Å². The van der Waals surface area contributed by atoms with Gasteiger partial charge in [0.15, 0.2) is 0 Å². The molecule has 2 aliphatic rings. The van der Waals surface area contributed by atoms with Crippen LogP contribution in [0, 0.1) is 12.8 Å². The molecule has 2 fully saturated rings. The van der Waals surface area contributed by atoms with Crippen LogP contribution >= 0.6 is 11.3 Å². The van der Waals surface area contributed by atoms with Gasteiger partial charge >= 0.3 is 0 Å². The molecule has 2 aromatic heterocycles. The van der Waals surface area contributed by atoms with Crippen LogP contribution in [-0.4, -0.2) is 41.8 Å². The molecule has 5 heteroatoms. The normalized spacial score (nSPS) is 22.5. The molecule has 2 aliphatic heterocycles. The minimum atomic E-state index is 0.0991. The van der Waals surface area contributed by atoms with Crippen molar-refractivity contribution in [3.63, 3.8) is 0 Å². The first-order valence-electron chi connectivity index (χ1n) is 10.1. The number of hydrogen-bond acceptors (Lipinski definition) is 5. The van der Waals surface area contributed by atoms with E-state index in [-0.39, 0.29) is 5.60 Å². The second-order valence-corrected chi connectivity index (χ2v) is 9.26. The molecule has 0 N–H and O–H groups in total. The van der Waals surface area contributed by atoms with Crippen LogP contribution in [0.5, 0.6) is 0 Å². The maximum absolute atomic E-state index is 6.32. The predicted octanol–water partition coefficient (Wildman–Crippen LogP) is 4.43. The summed E-state index contributed by atoms with van der Waals surface area (Å²) < 4.78 is 12.2. The predicted molar refractivity (Wildman–Crippen MR) is 109 cm³/mol. The Labute approximate surface area is 166 Å². The average molecular weight is 387 g/mol. The third-order valence-electron chi connectivity index (χ3n) is 6.11. The van der Waals surface area contributed by atoms with Gasteiger partial charge in [0.1, 0.15) is 0 Å². The van der Waals surface area contributed by atoms with Crippen LogP contribution in [0.25, 0.3) is 0 Å². The monoisotopic (exact) mass is 386 g/mol. The van der Waals surface area contributed by atoms with Crippen LogP contribution in [0.2, 0.25) is 0 Å². The maximum Gasteiger partial charge on any atom is 0.0736 e. The maximum atomic E-state index is 6.32. The molecule has 0 saturated carbocycles. The first kappa shape index (κ1) is 19.1. The van der Waals surface area contributed by atoms with Crippen LogP contribution in [0.4, 0.5) is 0 Å². The summed E-state index contributed by atoms with van der Waals surface area (Å²) in [6, 6.07) is 8.54. The lowest BCUT2D eigenvalue weighted by molar-refractivity contribution is -0.0732. The highest BCUT2D eigenvalue weighted by Crippen LogP contribution is 2.42. The average Bonchev–Trinajstić information content (AvgIpc) is 3.28. The number of piperidine rings is 1. The second kappa shape index (κ2) is 8.82. The number of ether oxygens (including phenoxy) is 2. The number of likely N-dealkylation sites (tertiary alicyclic amines) is 1. The highest BCUT2D eigenvalue weighted by Gasteiger charge is 2.45. The molecule has 4 nitrogen and oxygen atoms in total. The number of thiophene rings is 1. The lowest BCUT2D eigenvalue weighted by atomic mass is 9.78. The number of aryl methyl sites for hydroxylation is 1. The molecule has 27 heavy (non-hydrogen) atoms. The Morgan fingerprint density at radius 1 is 1.22 bits per heavy atom. The van der Waals surface area contributed by atoms with Gasteiger partial charge in [0.25, 0.3) is 0 Å². The third-order valence-corrected chi connectivity index (χ3v) is 7.09. The Balaban J connectivity index is 1.23. The fourth-order valence-corrected chi connectivity index (χ4v) is 5.45. The van der Waals surface area contributed by atoms with E-state index in [1.807, 2.05) is 35.9 Å². The molecule has 1 atom stereocenters. The molecular weight excluding hydrogens is 356 g/mol. The van der Waals surface area contributed by atoms with Crippen LogP contribution in [0.1, 0.15) is 41.0 Å². The molecule has 0 bridgehead atoms. The minimum absolute atomic E-state index is 0.0991. The number of nitrogens with zero attached hydrogens (tertiary/aromatic N) is 2. The minimum Gasteiger partial charge on any atom is -0.377 e. The van der Waals surface area contributed by atoms with Gasteiger partial charge in [0.2, 0.25) is 0 Å². The summed E-state index contributed by atoms with van der Waals surface area (Å²) in [5.74, 6) is 0.640.